The van der Waals surface area contributed by atoms with Gasteiger partial charge in [-0.2, -0.15) is 0 Å². The molecule has 20 heavy (non-hydrogen) atoms. The summed E-state index contributed by atoms with van der Waals surface area (Å²) in [6.45, 7) is 2.41. The largest absolute Gasteiger partial charge is 0.396 e. The minimum atomic E-state index is -0.546. The van der Waals surface area contributed by atoms with Crippen LogP contribution < -0.4 is 5.73 Å². The molecule has 122 valence electrons. The molecule has 0 fully saturated rings. The summed E-state index contributed by atoms with van der Waals surface area (Å²) >= 11 is 0. The second kappa shape index (κ2) is 12.6. The molecular formula is C16H35NO3. The van der Waals surface area contributed by atoms with Crippen LogP contribution in [0.3, 0.4) is 0 Å². The van der Waals surface area contributed by atoms with Crippen molar-refractivity contribution in [2.24, 2.45) is 11.7 Å². The number of aliphatic hydroxyl groups excluding tert-OH is 3. The Kier molecular flexibility index (Phi) is 12.5. The summed E-state index contributed by atoms with van der Waals surface area (Å²) in [6, 6.07) is 0. The highest BCUT2D eigenvalue weighted by Gasteiger charge is 2.33. The third-order valence-corrected chi connectivity index (χ3v) is 4.35. The molecule has 0 aromatic rings. The standard InChI is InChI=1S/C16H35NO3/c1-2-3-4-5-6-7-8-15(9-12-18)16(17,10-13-19)11-14-20/h15,18-20H,2-14,17H2,1H3. The molecule has 5 N–H and O–H groups in total. The van der Waals surface area contributed by atoms with E-state index in [2.05, 4.69) is 6.92 Å². The molecule has 1 unspecified atom stereocenters. The van der Waals surface area contributed by atoms with Crippen molar-refractivity contribution in [3.05, 3.63) is 0 Å². The van der Waals surface area contributed by atoms with E-state index in [0.717, 1.165) is 12.8 Å². The Bertz CT molecular complexity index is 206. The lowest BCUT2D eigenvalue weighted by Crippen LogP contribution is -2.49. The summed E-state index contributed by atoms with van der Waals surface area (Å²) in [5, 5.41) is 27.6. The van der Waals surface area contributed by atoms with Crippen molar-refractivity contribution in [1.29, 1.82) is 0 Å². The lowest BCUT2D eigenvalue weighted by Gasteiger charge is -2.37. The highest BCUT2D eigenvalue weighted by atomic mass is 16.3. The Morgan fingerprint density at radius 3 is 1.85 bits per heavy atom. The van der Waals surface area contributed by atoms with Gasteiger partial charge in [-0.3, -0.25) is 0 Å². The van der Waals surface area contributed by atoms with Gasteiger partial charge in [0.15, 0.2) is 0 Å². The zero-order valence-electron chi connectivity index (χ0n) is 13.2. The Morgan fingerprint density at radius 1 is 0.800 bits per heavy atom. The van der Waals surface area contributed by atoms with Crippen molar-refractivity contribution in [2.75, 3.05) is 19.8 Å². The first-order chi connectivity index (χ1) is 9.64. The molecule has 0 aliphatic heterocycles. The van der Waals surface area contributed by atoms with Crippen LogP contribution in [0.25, 0.3) is 0 Å². The van der Waals surface area contributed by atoms with Gasteiger partial charge < -0.3 is 21.1 Å². The van der Waals surface area contributed by atoms with Crippen molar-refractivity contribution >= 4 is 0 Å². The average Bonchev–Trinajstić information content (AvgIpc) is 2.42. The van der Waals surface area contributed by atoms with E-state index in [1.54, 1.807) is 0 Å². The highest BCUT2D eigenvalue weighted by molar-refractivity contribution is 4.91. The van der Waals surface area contributed by atoms with Crippen LogP contribution in [-0.2, 0) is 0 Å². The van der Waals surface area contributed by atoms with Crippen LogP contribution >= 0.6 is 0 Å². The molecule has 0 saturated carbocycles. The number of unbranched alkanes of at least 4 members (excludes halogenated alkanes) is 5. The zero-order chi connectivity index (χ0) is 15.3. The monoisotopic (exact) mass is 289 g/mol. The van der Waals surface area contributed by atoms with Crippen LogP contribution in [0.1, 0.15) is 71.1 Å². The number of rotatable bonds is 14. The van der Waals surface area contributed by atoms with Gasteiger partial charge in [-0.25, -0.2) is 0 Å². The van der Waals surface area contributed by atoms with E-state index in [1.165, 1.54) is 32.1 Å². The maximum absolute atomic E-state index is 9.23. The fraction of sp³-hybridized carbons (Fsp3) is 1.00. The first-order valence-corrected chi connectivity index (χ1v) is 8.26. The molecular weight excluding hydrogens is 254 g/mol. The lowest BCUT2D eigenvalue weighted by atomic mass is 9.75. The molecule has 0 rings (SSSR count). The molecule has 0 heterocycles. The number of hydrogen-bond donors (Lipinski definition) is 4. The molecule has 4 heteroatoms. The van der Waals surface area contributed by atoms with E-state index in [4.69, 9.17) is 5.73 Å². The van der Waals surface area contributed by atoms with Crippen LogP contribution in [0, 0.1) is 5.92 Å². The SMILES string of the molecule is CCCCCCCCC(CCO)C(N)(CCO)CCO. The van der Waals surface area contributed by atoms with Crippen molar-refractivity contribution in [1.82, 2.24) is 0 Å². The predicted octanol–water partition coefficient (Wildman–Crippen LogP) is 2.20. The van der Waals surface area contributed by atoms with Gasteiger partial charge in [0, 0.05) is 25.4 Å². The Morgan fingerprint density at radius 2 is 1.35 bits per heavy atom. The van der Waals surface area contributed by atoms with Gasteiger partial charge in [0.05, 0.1) is 0 Å². The first kappa shape index (κ1) is 19.8. The molecule has 1 atom stereocenters. The Balaban J connectivity index is 4.22. The van der Waals surface area contributed by atoms with Crippen LogP contribution in [-0.4, -0.2) is 40.7 Å². The molecule has 0 aliphatic carbocycles. The predicted molar refractivity (Wildman–Crippen MR) is 83.5 cm³/mol. The van der Waals surface area contributed by atoms with Gasteiger partial charge in [0.25, 0.3) is 0 Å². The van der Waals surface area contributed by atoms with Gasteiger partial charge in [-0.15, -0.1) is 0 Å². The summed E-state index contributed by atoms with van der Waals surface area (Å²) < 4.78 is 0. The summed E-state index contributed by atoms with van der Waals surface area (Å²) in [6.07, 6.45) is 10.1. The highest BCUT2D eigenvalue weighted by Crippen LogP contribution is 2.30. The van der Waals surface area contributed by atoms with E-state index in [9.17, 15) is 15.3 Å². The van der Waals surface area contributed by atoms with Crippen molar-refractivity contribution in [3.63, 3.8) is 0 Å². The summed E-state index contributed by atoms with van der Waals surface area (Å²) in [7, 11) is 0. The molecule has 0 bridgehead atoms. The topological polar surface area (TPSA) is 86.7 Å². The van der Waals surface area contributed by atoms with Crippen LogP contribution in [0.2, 0.25) is 0 Å². The summed E-state index contributed by atoms with van der Waals surface area (Å²) in [5.41, 5.74) is 5.83. The molecule has 0 aliphatic rings. The van der Waals surface area contributed by atoms with Gasteiger partial charge >= 0.3 is 0 Å². The van der Waals surface area contributed by atoms with Crippen LogP contribution in [0.4, 0.5) is 0 Å². The Labute approximate surface area is 124 Å². The second-order valence-electron chi connectivity index (χ2n) is 5.95. The fourth-order valence-corrected chi connectivity index (χ4v) is 3.00. The quantitative estimate of drug-likeness (QED) is 0.369. The third kappa shape index (κ3) is 8.20. The lowest BCUT2D eigenvalue weighted by molar-refractivity contribution is 0.117. The number of hydrogen-bond acceptors (Lipinski definition) is 4. The van der Waals surface area contributed by atoms with Crippen LogP contribution in [0.15, 0.2) is 0 Å². The van der Waals surface area contributed by atoms with Crippen molar-refractivity contribution < 1.29 is 15.3 Å². The molecule has 0 spiro atoms. The normalized spacial score (nSPS) is 13.7. The van der Waals surface area contributed by atoms with Gasteiger partial charge in [0.1, 0.15) is 0 Å². The van der Waals surface area contributed by atoms with Crippen molar-refractivity contribution in [2.45, 2.75) is 76.7 Å². The van der Waals surface area contributed by atoms with Gasteiger partial charge in [-0.1, -0.05) is 45.4 Å². The van der Waals surface area contributed by atoms with E-state index >= 15 is 0 Å². The maximum atomic E-state index is 9.23. The second-order valence-corrected chi connectivity index (χ2v) is 5.95. The third-order valence-electron chi connectivity index (χ3n) is 4.35. The minimum Gasteiger partial charge on any atom is -0.396 e. The fourth-order valence-electron chi connectivity index (χ4n) is 3.00. The average molecular weight is 289 g/mol. The summed E-state index contributed by atoms with van der Waals surface area (Å²) in [5.74, 6) is 0.179. The van der Waals surface area contributed by atoms with E-state index in [1.807, 2.05) is 0 Å². The number of nitrogens with two attached hydrogens (primary N) is 1. The van der Waals surface area contributed by atoms with Gasteiger partial charge in [-0.05, 0) is 31.6 Å². The van der Waals surface area contributed by atoms with E-state index in [0.29, 0.717) is 19.3 Å². The molecule has 0 radical (unpaired) electrons. The maximum Gasteiger partial charge on any atom is 0.0448 e. The van der Waals surface area contributed by atoms with Crippen LogP contribution in [0.5, 0.6) is 0 Å². The molecule has 4 nitrogen and oxygen atoms in total. The number of aliphatic hydroxyl groups is 3. The van der Waals surface area contributed by atoms with E-state index < -0.39 is 5.54 Å². The molecule has 0 aromatic heterocycles. The first-order valence-electron chi connectivity index (χ1n) is 8.26. The zero-order valence-corrected chi connectivity index (χ0v) is 13.2. The van der Waals surface area contributed by atoms with E-state index in [-0.39, 0.29) is 25.7 Å². The molecule has 0 saturated heterocycles. The summed E-state index contributed by atoms with van der Waals surface area (Å²) in [4.78, 5) is 0. The smallest absolute Gasteiger partial charge is 0.0448 e. The van der Waals surface area contributed by atoms with Crippen molar-refractivity contribution in [3.8, 4) is 0 Å². The molecule has 0 amide bonds. The Hall–Kier alpha value is -0.160. The van der Waals surface area contributed by atoms with Gasteiger partial charge in [0.2, 0.25) is 0 Å². The minimum absolute atomic E-state index is 0.0366. The molecule has 0 aromatic carbocycles.